The molecule has 1 aromatic heterocycles. The van der Waals surface area contributed by atoms with Gasteiger partial charge in [0.15, 0.2) is 0 Å². The molecule has 9 nitrogen and oxygen atoms in total. The van der Waals surface area contributed by atoms with E-state index in [0.717, 1.165) is 5.56 Å². The van der Waals surface area contributed by atoms with E-state index in [1.165, 1.54) is 19.2 Å². The molecule has 1 aromatic carbocycles. The van der Waals surface area contributed by atoms with Gasteiger partial charge < -0.3 is 14.8 Å². The van der Waals surface area contributed by atoms with Gasteiger partial charge in [-0.3, -0.25) is 10.1 Å². The highest BCUT2D eigenvalue weighted by Crippen LogP contribution is 2.31. The molecule has 2 rings (SSSR count). The molecule has 0 spiro atoms. The van der Waals surface area contributed by atoms with E-state index >= 15 is 0 Å². The van der Waals surface area contributed by atoms with E-state index in [9.17, 15) is 10.1 Å². The average molecular weight is 291 g/mol. The monoisotopic (exact) mass is 291 g/mol. The lowest BCUT2D eigenvalue weighted by molar-refractivity contribution is -0.385. The van der Waals surface area contributed by atoms with Gasteiger partial charge in [0.2, 0.25) is 11.7 Å². The van der Waals surface area contributed by atoms with Crippen LogP contribution in [-0.2, 0) is 0 Å². The van der Waals surface area contributed by atoms with E-state index in [2.05, 4.69) is 20.3 Å². The zero-order valence-electron chi connectivity index (χ0n) is 11.7. The lowest BCUT2D eigenvalue weighted by atomic mass is 10.2. The number of nitrogens with one attached hydrogen (secondary N) is 1. The summed E-state index contributed by atoms with van der Waals surface area (Å²) in [6.07, 6.45) is 0. The molecular formula is C12H13N5O4. The van der Waals surface area contributed by atoms with Gasteiger partial charge in [-0.25, -0.2) is 0 Å². The first kappa shape index (κ1) is 14.4. The minimum absolute atomic E-state index is 0.0408. The molecule has 0 amide bonds. The quantitative estimate of drug-likeness (QED) is 0.656. The molecule has 0 aliphatic carbocycles. The number of nitro groups is 1. The largest absolute Gasteiger partial charge is 0.467 e. The first-order valence-corrected chi connectivity index (χ1v) is 5.94. The standard InChI is InChI=1S/C12H13N5O4/c1-7-4-5-9(8(6-7)17(18)19)21-12-15-10(13-2)14-11(16-12)20-3/h4-6H,1-3H3,(H,13,14,15,16). The zero-order valence-corrected chi connectivity index (χ0v) is 11.7. The van der Waals surface area contributed by atoms with Gasteiger partial charge in [-0.2, -0.15) is 9.97 Å². The minimum atomic E-state index is -0.528. The van der Waals surface area contributed by atoms with Crippen LogP contribution in [0, 0.1) is 17.0 Å². The number of anilines is 1. The van der Waals surface area contributed by atoms with Crippen LogP contribution in [0.15, 0.2) is 18.2 Å². The van der Waals surface area contributed by atoms with Crippen molar-refractivity contribution in [2.24, 2.45) is 0 Å². The lowest BCUT2D eigenvalue weighted by Gasteiger charge is -2.07. The van der Waals surface area contributed by atoms with Crippen LogP contribution in [0.25, 0.3) is 0 Å². The predicted octanol–water partition coefficient (Wildman–Crippen LogP) is 1.93. The Morgan fingerprint density at radius 1 is 1.24 bits per heavy atom. The van der Waals surface area contributed by atoms with Crippen LogP contribution in [0.5, 0.6) is 17.8 Å². The maximum absolute atomic E-state index is 11.0. The Labute approximate surface area is 120 Å². The maximum Gasteiger partial charge on any atom is 0.330 e. The second kappa shape index (κ2) is 5.99. The molecule has 2 aromatic rings. The maximum atomic E-state index is 11.0. The van der Waals surface area contributed by atoms with Crippen molar-refractivity contribution in [3.8, 4) is 17.8 Å². The summed E-state index contributed by atoms with van der Waals surface area (Å²) in [4.78, 5) is 22.3. The molecule has 0 unspecified atom stereocenters. The van der Waals surface area contributed by atoms with E-state index in [1.807, 2.05) is 0 Å². The molecule has 1 heterocycles. The highest BCUT2D eigenvalue weighted by Gasteiger charge is 2.18. The molecule has 0 aliphatic heterocycles. The fourth-order valence-corrected chi connectivity index (χ4v) is 1.54. The SMILES string of the molecule is CNc1nc(OC)nc(Oc2ccc(C)cc2[N+](=O)[O-])n1. The van der Waals surface area contributed by atoms with Crippen LogP contribution in [0.1, 0.15) is 5.56 Å². The smallest absolute Gasteiger partial charge is 0.330 e. The molecule has 0 bridgehead atoms. The Morgan fingerprint density at radius 3 is 2.57 bits per heavy atom. The molecule has 21 heavy (non-hydrogen) atoms. The molecule has 1 N–H and O–H groups in total. The number of methoxy groups -OCH3 is 1. The van der Waals surface area contributed by atoms with Gasteiger partial charge in [0.25, 0.3) is 0 Å². The van der Waals surface area contributed by atoms with Crippen LogP contribution in [0.4, 0.5) is 11.6 Å². The van der Waals surface area contributed by atoms with Crippen LogP contribution in [-0.4, -0.2) is 34.0 Å². The number of aryl methyl sites for hydroxylation is 1. The van der Waals surface area contributed by atoms with E-state index < -0.39 is 4.92 Å². The van der Waals surface area contributed by atoms with Crippen molar-refractivity contribution in [1.82, 2.24) is 15.0 Å². The summed E-state index contributed by atoms with van der Waals surface area (Å²) in [6.45, 7) is 1.75. The number of nitrogens with zero attached hydrogens (tertiary/aromatic N) is 4. The average Bonchev–Trinajstić information content (AvgIpc) is 2.48. The van der Waals surface area contributed by atoms with Gasteiger partial charge in [-0.05, 0) is 18.6 Å². The number of ether oxygens (including phenoxy) is 2. The summed E-state index contributed by atoms with van der Waals surface area (Å²) in [5, 5.41) is 13.8. The summed E-state index contributed by atoms with van der Waals surface area (Å²) in [7, 11) is 3.01. The van der Waals surface area contributed by atoms with Gasteiger partial charge >= 0.3 is 17.7 Å². The minimum Gasteiger partial charge on any atom is -0.467 e. The Hall–Kier alpha value is -2.97. The molecule has 0 atom stereocenters. The normalized spacial score (nSPS) is 10.0. The molecule has 110 valence electrons. The van der Waals surface area contributed by atoms with Crippen molar-refractivity contribution in [2.75, 3.05) is 19.5 Å². The fourth-order valence-electron chi connectivity index (χ4n) is 1.54. The van der Waals surface area contributed by atoms with Gasteiger partial charge in [-0.15, -0.1) is 4.98 Å². The highest BCUT2D eigenvalue weighted by molar-refractivity contribution is 5.49. The Balaban J connectivity index is 2.40. The summed E-state index contributed by atoms with van der Waals surface area (Å²) in [5.74, 6) is 0.271. The van der Waals surface area contributed by atoms with Crippen molar-refractivity contribution in [3.63, 3.8) is 0 Å². The highest BCUT2D eigenvalue weighted by atomic mass is 16.6. The third-order valence-electron chi connectivity index (χ3n) is 2.51. The van der Waals surface area contributed by atoms with Crippen LogP contribution >= 0.6 is 0 Å². The first-order valence-electron chi connectivity index (χ1n) is 5.94. The molecule has 0 saturated heterocycles. The Bertz CT molecular complexity index is 654. The number of aromatic nitrogens is 3. The molecule has 0 radical (unpaired) electrons. The Morgan fingerprint density at radius 2 is 1.95 bits per heavy atom. The number of rotatable bonds is 5. The second-order valence-electron chi connectivity index (χ2n) is 4.01. The topological polar surface area (TPSA) is 112 Å². The van der Waals surface area contributed by atoms with Crippen molar-refractivity contribution in [1.29, 1.82) is 0 Å². The summed E-state index contributed by atoms with van der Waals surface area (Å²) in [5.41, 5.74) is 0.582. The molecule has 0 fully saturated rings. The third kappa shape index (κ3) is 3.32. The fraction of sp³-hybridized carbons (Fsp3) is 0.250. The van der Waals surface area contributed by atoms with E-state index in [1.54, 1.807) is 20.0 Å². The number of benzene rings is 1. The predicted molar refractivity (Wildman–Crippen MR) is 73.8 cm³/mol. The molecule has 9 heteroatoms. The summed E-state index contributed by atoms with van der Waals surface area (Å²) in [6, 6.07) is 4.53. The van der Waals surface area contributed by atoms with Gasteiger partial charge in [0.1, 0.15) is 0 Å². The second-order valence-corrected chi connectivity index (χ2v) is 4.01. The summed E-state index contributed by atoms with van der Waals surface area (Å²) < 4.78 is 10.3. The number of nitro benzene ring substituents is 1. The van der Waals surface area contributed by atoms with Crippen molar-refractivity contribution in [3.05, 3.63) is 33.9 Å². The zero-order chi connectivity index (χ0) is 15.4. The van der Waals surface area contributed by atoms with E-state index in [0.29, 0.717) is 0 Å². The molecule has 0 aliphatic rings. The van der Waals surface area contributed by atoms with Crippen molar-refractivity contribution < 1.29 is 14.4 Å². The van der Waals surface area contributed by atoms with Crippen LogP contribution in [0.3, 0.4) is 0 Å². The number of hydrogen-bond acceptors (Lipinski definition) is 8. The first-order chi connectivity index (χ1) is 10.0. The van der Waals surface area contributed by atoms with E-state index in [-0.39, 0.29) is 29.4 Å². The van der Waals surface area contributed by atoms with Crippen molar-refractivity contribution >= 4 is 11.6 Å². The Kier molecular flexibility index (Phi) is 4.12. The van der Waals surface area contributed by atoms with E-state index in [4.69, 9.17) is 9.47 Å². The van der Waals surface area contributed by atoms with Crippen LogP contribution in [0.2, 0.25) is 0 Å². The van der Waals surface area contributed by atoms with Crippen molar-refractivity contribution in [2.45, 2.75) is 6.92 Å². The summed E-state index contributed by atoms with van der Waals surface area (Å²) >= 11 is 0. The molecule has 0 saturated carbocycles. The third-order valence-corrected chi connectivity index (χ3v) is 2.51. The van der Waals surface area contributed by atoms with Gasteiger partial charge in [0, 0.05) is 13.1 Å². The molecular weight excluding hydrogens is 278 g/mol. The van der Waals surface area contributed by atoms with Crippen LogP contribution < -0.4 is 14.8 Å². The number of hydrogen-bond donors (Lipinski definition) is 1. The van der Waals surface area contributed by atoms with Gasteiger partial charge in [0.05, 0.1) is 12.0 Å². The lowest BCUT2D eigenvalue weighted by Crippen LogP contribution is -2.04. The van der Waals surface area contributed by atoms with Gasteiger partial charge in [-0.1, -0.05) is 6.07 Å².